The van der Waals surface area contributed by atoms with E-state index in [-0.39, 0.29) is 11.9 Å². The Morgan fingerprint density at radius 2 is 2.11 bits per heavy atom. The summed E-state index contributed by atoms with van der Waals surface area (Å²) in [7, 11) is 1.65. The monoisotopic (exact) mass is 251 g/mol. The van der Waals surface area contributed by atoms with E-state index in [0.717, 1.165) is 17.9 Å². The van der Waals surface area contributed by atoms with Gasteiger partial charge < -0.3 is 10.1 Å². The normalized spacial score (nSPS) is 17.9. The molecule has 0 saturated heterocycles. The van der Waals surface area contributed by atoms with E-state index in [0.29, 0.717) is 5.92 Å². The molecule has 0 radical (unpaired) electrons. The van der Waals surface area contributed by atoms with Crippen molar-refractivity contribution in [3.05, 3.63) is 29.6 Å². The standard InChI is InChI=1S/C15H22FNO/c1-3-17-15(11-6-4-5-7-11)13-10-12(16)8-9-14(13)18-2/h8-11,15,17H,3-7H2,1-2H3. The Morgan fingerprint density at radius 3 is 2.72 bits per heavy atom. The highest BCUT2D eigenvalue weighted by atomic mass is 19.1. The van der Waals surface area contributed by atoms with E-state index >= 15 is 0 Å². The molecular formula is C15H22FNO. The van der Waals surface area contributed by atoms with Gasteiger partial charge in [-0.1, -0.05) is 19.8 Å². The van der Waals surface area contributed by atoms with Crippen LogP contribution < -0.4 is 10.1 Å². The van der Waals surface area contributed by atoms with Crippen molar-refractivity contribution >= 4 is 0 Å². The molecule has 1 aromatic rings. The highest BCUT2D eigenvalue weighted by molar-refractivity contribution is 5.37. The molecule has 1 N–H and O–H groups in total. The number of hydrogen-bond acceptors (Lipinski definition) is 2. The minimum Gasteiger partial charge on any atom is -0.496 e. The summed E-state index contributed by atoms with van der Waals surface area (Å²) in [5.41, 5.74) is 0.964. The molecule has 0 bridgehead atoms. The fourth-order valence-electron chi connectivity index (χ4n) is 2.99. The summed E-state index contributed by atoms with van der Waals surface area (Å²) in [6, 6.07) is 5.01. The molecule has 0 spiro atoms. The second-order valence-electron chi connectivity index (χ2n) is 4.97. The minimum atomic E-state index is -0.188. The Kier molecular flexibility index (Phi) is 4.59. The van der Waals surface area contributed by atoms with Gasteiger partial charge in [-0.2, -0.15) is 0 Å². The molecule has 2 nitrogen and oxygen atoms in total. The highest BCUT2D eigenvalue weighted by Gasteiger charge is 2.28. The van der Waals surface area contributed by atoms with Gasteiger partial charge in [0.2, 0.25) is 0 Å². The van der Waals surface area contributed by atoms with Crippen LogP contribution in [0, 0.1) is 11.7 Å². The smallest absolute Gasteiger partial charge is 0.123 e. The molecule has 0 heterocycles. The summed E-state index contributed by atoms with van der Waals surface area (Å²) < 4.78 is 18.9. The van der Waals surface area contributed by atoms with E-state index in [4.69, 9.17) is 4.74 Å². The summed E-state index contributed by atoms with van der Waals surface area (Å²) in [5.74, 6) is 1.20. The maximum absolute atomic E-state index is 13.5. The molecule has 0 aliphatic heterocycles. The van der Waals surface area contributed by atoms with Crippen LogP contribution in [-0.4, -0.2) is 13.7 Å². The first kappa shape index (κ1) is 13.3. The van der Waals surface area contributed by atoms with Crippen molar-refractivity contribution in [2.75, 3.05) is 13.7 Å². The number of rotatable bonds is 5. The van der Waals surface area contributed by atoms with Crippen molar-refractivity contribution in [2.45, 2.75) is 38.6 Å². The van der Waals surface area contributed by atoms with Gasteiger partial charge in [-0.3, -0.25) is 0 Å². The Hall–Kier alpha value is -1.09. The van der Waals surface area contributed by atoms with Crippen LogP contribution >= 0.6 is 0 Å². The summed E-state index contributed by atoms with van der Waals surface area (Å²) >= 11 is 0. The third-order valence-corrected chi connectivity index (χ3v) is 3.82. The highest BCUT2D eigenvalue weighted by Crippen LogP contribution is 2.39. The van der Waals surface area contributed by atoms with Gasteiger partial charge >= 0.3 is 0 Å². The molecule has 100 valence electrons. The van der Waals surface area contributed by atoms with E-state index in [1.54, 1.807) is 19.2 Å². The fraction of sp³-hybridized carbons (Fsp3) is 0.600. The third kappa shape index (κ3) is 2.83. The van der Waals surface area contributed by atoms with Crippen molar-refractivity contribution in [1.82, 2.24) is 5.32 Å². The molecule has 1 aliphatic carbocycles. The average Bonchev–Trinajstić information content (AvgIpc) is 2.89. The topological polar surface area (TPSA) is 21.3 Å². The number of methoxy groups -OCH3 is 1. The van der Waals surface area contributed by atoms with Crippen LogP contribution in [0.3, 0.4) is 0 Å². The van der Waals surface area contributed by atoms with Gasteiger partial charge in [-0.15, -0.1) is 0 Å². The van der Waals surface area contributed by atoms with E-state index in [1.165, 1.54) is 31.7 Å². The molecule has 0 amide bonds. The number of halogens is 1. The second-order valence-corrected chi connectivity index (χ2v) is 4.97. The Balaban J connectivity index is 2.31. The van der Waals surface area contributed by atoms with Gasteiger partial charge in [0.15, 0.2) is 0 Å². The molecule has 1 fully saturated rings. The first-order chi connectivity index (χ1) is 8.76. The molecule has 1 unspecified atom stereocenters. The van der Waals surface area contributed by atoms with Crippen LogP contribution in [0.15, 0.2) is 18.2 Å². The summed E-state index contributed by atoms with van der Waals surface area (Å²) in [5, 5.41) is 3.50. The van der Waals surface area contributed by atoms with Gasteiger partial charge in [0.1, 0.15) is 11.6 Å². The lowest BCUT2D eigenvalue weighted by Gasteiger charge is -2.26. The second kappa shape index (κ2) is 6.19. The molecule has 3 heteroatoms. The predicted molar refractivity (Wildman–Crippen MR) is 71.3 cm³/mol. The van der Waals surface area contributed by atoms with Gasteiger partial charge in [0.25, 0.3) is 0 Å². The largest absolute Gasteiger partial charge is 0.496 e. The minimum absolute atomic E-state index is 0.188. The quantitative estimate of drug-likeness (QED) is 0.862. The number of benzene rings is 1. The van der Waals surface area contributed by atoms with Crippen LogP contribution in [-0.2, 0) is 0 Å². The van der Waals surface area contributed by atoms with Crippen molar-refractivity contribution in [3.8, 4) is 5.75 Å². The van der Waals surface area contributed by atoms with Gasteiger partial charge in [-0.05, 0) is 43.5 Å². The maximum Gasteiger partial charge on any atom is 0.123 e. The average molecular weight is 251 g/mol. The van der Waals surface area contributed by atoms with Crippen molar-refractivity contribution in [3.63, 3.8) is 0 Å². The fourth-order valence-corrected chi connectivity index (χ4v) is 2.99. The number of nitrogens with one attached hydrogen (secondary N) is 1. The first-order valence-corrected chi connectivity index (χ1v) is 6.83. The van der Waals surface area contributed by atoms with E-state index in [1.807, 2.05) is 0 Å². The Morgan fingerprint density at radius 1 is 1.39 bits per heavy atom. The van der Waals surface area contributed by atoms with Crippen LogP contribution in [0.5, 0.6) is 5.75 Å². The maximum atomic E-state index is 13.5. The van der Waals surface area contributed by atoms with Crippen LogP contribution in [0.25, 0.3) is 0 Å². The van der Waals surface area contributed by atoms with Crippen LogP contribution in [0.1, 0.15) is 44.2 Å². The van der Waals surface area contributed by atoms with Gasteiger partial charge in [0.05, 0.1) is 7.11 Å². The van der Waals surface area contributed by atoms with Gasteiger partial charge in [0, 0.05) is 11.6 Å². The van der Waals surface area contributed by atoms with E-state index < -0.39 is 0 Å². The molecule has 2 rings (SSSR count). The first-order valence-electron chi connectivity index (χ1n) is 6.83. The molecule has 1 aliphatic rings. The van der Waals surface area contributed by atoms with E-state index in [9.17, 15) is 4.39 Å². The molecular weight excluding hydrogens is 229 g/mol. The summed E-state index contributed by atoms with van der Waals surface area (Å²) in [6.45, 7) is 2.98. The Labute approximate surface area is 109 Å². The van der Waals surface area contributed by atoms with Crippen molar-refractivity contribution in [1.29, 1.82) is 0 Å². The lowest BCUT2D eigenvalue weighted by molar-refractivity contribution is 0.348. The van der Waals surface area contributed by atoms with Crippen LogP contribution in [0.2, 0.25) is 0 Å². The lowest BCUT2D eigenvalue weighted by atomic mass is 9.91. The zero-order valence-corrected chi connectivity index (χ0v) is 11.2. The summed E-state index contributed by atoms with van der Waals surface area (Å²) in [4.78, 5) is 0. The van der Waals surface area contributed by atoms with Crippen molar-refractivity contribution in [2.24, 2.45) is 5.92 Å². The Bertz CT molecular complexity index is 388. The lowest BCUT2D eigenvalue weighted by Crippen LogP contribution is -2.27. The zero-order valence-electron chi connectivity index (χ0n) is 11.2. The number of ether oxygens (including phenoxy) is 1. The molecule has 0 aromatic heterocycles. The summed E-state index contributed by atoms with van der Waals surface area (Å²) in [6.07, 6.45) is 5.00. The zero-order chi connectivity index (χ0) is 13.0. The molecule has 1 saturated carbocycles. The molecule has 1 aromatic carbocycles. The molecule has 1 atom stereocenters. The van der Waals surface area contributed by atoms with E-state index in [2.05, 4.69) is 12.2 Å². The number of hydrogen-bond donors (Lipinski definition) is 1. The molecule has 18 heavy (non-hydrogen) atoms. The van der Waals surface area contributed by atoms with Crippen LogP contribution in [0.4, 0.5) is 4.39 Å². The third-order valence-electron chi connectivity index (χ3n) is 3.82. The SMILES string of the molecule is CCNC(c1cc(F)ccc1OC)C1CCCC1. The van der Waals surface area contributed by atoms with Crippen molar-refractivity contribution < 1.29 is 9.13 Å². The predicted octanol–water partition coefficient (Wildman–Crippen LogP) is 3.68. The van der Waals surface area contributed by atoms with Gasteiger partial charge in [-0.25, -0.2) is 4.39 Å².